The molecular weight excluding hydrogens is 420 g/mol. The summed E-state index contributed by atoms with van der Waals surface area (Å²) in [6.45, 7) is 2.07. The molecule has 0 amide bonds. The smallest absolute Gasteiger partial charge is 0.152 e. The third-order valence-corrected chi connectivity index (χ3v) is 8.13. The summed E-state index contributed by atoms with van der Waals surface area (Å²) in [4.78, 5) is 0. The molecule has 5 nitrogen and oxygen atoms in total. The minimum absolute atomic E-state index is 0.202. The van der Waals surface area contributed by atoms with E-state index in [4.69, 9.17) is 16.6 Å². The third kappa shape index (κ3) is 4.93. The summed E-state index contributed by atoms with van der Waals surface area (Å²) in [7, 11) is 0. The number of rotatable bonds is 5. The van der Waals surface area contributed by atoms with E-state index in [1.165, 1.54) is 81.8 Å². The van der Waals surface area contributed by atoms with Crippen LogP contribution in [0.4, 0.5) is 5.82 Å². The Kier molecular flexibility index (Phi) is 7.35. The normalized spacial score (nSPS) is 22.3. The van der Waals surface area contributed by atoms with Gasteiger partial charge >= 0.3 is 0 Å². The number of piperidine rings is 1. The summed E-state index contributed by atoms with van der Waals surface area (Å²) >= 11 is 0. The number of phenols is 1. The summed E-state index contributed by atoms with van der Waals surface area (Å²) in [5.41, 5.74) is 5.04. The van der Waals surface area contributed by atoms with Gasteiger partial charge in [0.25, 0.3) is 0 Å². The van der Waals surface area contributed by atoms with Crippen LogP contribution in [-0.4, -0.2) is 34.4 Å². The van der Waals surface area contributed by atoms with Crippen LogP contribution in [0.2, 0.25) is 0 Å². The number of hydrogen-bond donors (Lipinski definition) is 3. The third-order valence-electron chi connectivity index (χ3n) is 8.13. The Balaban J connectivity index is 1.65. The van der Waals surface area contributed by atoms with Crippen molar-refractivity contribution in [2.45, 2.75) is 94.9 Å². The highest BCUT2D eigenvalue weighted by Crippen LogP contribution is 2.47. The van der Waals surface area contributed by atoms with Gasteiger partial charge in [-0.15, -0.1) is 16.6 Å². The van der Waals surface area contributed by atoms with Crippen molar-refractivity contribution < 1.29 is 5.11 Å². The zero-order chi connectivity index (χ0) is 23.3. The number of aromatic nitrogens is 2. The number of aromatic hydroxyl groups is 1. The fraction of sp³-hybridized carbons (Fsp3) is 0.586. The number of phenolic OH excluding ortho intramolecular Hbond substituents is 1. The summed E-state index contributed by atoms with van der Waals surface area (Å²) in [6.07, 6.45) is 20.4. The summed E-state index contributed by atoms with van der Waals surface area (Å²) in [6, 6.07) is 5.91. The first-order chi connectivity index (χ1) is 16.7. The van der Waals surface area contributed by atoms with Crippen molar-refractivity contribution >= 4 is 5.82 Å². The lowest BCUT2D eigenvalue weighted by atomic mass is 9.74. The van der Waals surface area contributed by atoms with Crippen LogP contribution in [0.25, 0.3) is 11.3 Å². The Morgan fingerprint density at radius 1 is 0.882 bits per heavy atom. The molecule has 0 radical (unpaired) electrons. The molecule has 2 heterocycles. The number of benzene rings is 1. The highest BCUT2D eigenvalue weighted by Gasteiger charge is 2.32. The maximum Gasteiger partial charge on any atom is 0.152 e. The van der Waals surface area contributed by atoms with Gasteiger partial charge in [0.2, 0.25) is 0 Å². The van der Waals surface area contributed by atoms with Gasteiger partial charge in [-0.2, -0.15) is 0 Å². The lowest BCUT2D eigenvalue weighted by Crippen LogP contribution is -2.39. The van der Waals surface area contributed by atoms with Crippen LogP contribution in [-0.2, 0) is 0 Å². The topological polar surface area (TPSA) is 70.1 Å². The number of anilines is 1. The fourth-order valence-corrected chi connectivity index (χ4v) is 6.37. The van der Waals surface area contributed by atoms with E-state index in [1.54, 1.807) is 6.07 Å². The molecule has 1 aromatic heterocycles. The van der Waals surface area contributed by atoms with Gasteiger partial charge in [-0.3, -0.25) is 0 Å². The average molecular weight is 459 g/mol. The van der Waals surface area contributed by atoms with Crippen LogP contribution < -0.4 is 10.6 Å². The molecule has 1 aromatic carbocycles. The molecule has 3 N–H and O–H groups in total. The molecule has 2 aliphatic carbocycles. The second-order valence-corrected chi connectivity index (χ2v) is 10.5. The minimum atomic E-state index is 0.202. The molecular formula is C29H38N4O. The van der Waals surface area contributed by atoms with Crippen molar-refractivity contribution in [1.29, 1.82) is 0 Å². The molecule has 0 bridgehead atoms. The second-order valence-electron chi connectivity index (χ2n) is 10.5. The second kappa shape index (κ2) is 10.8. The maximum atomic E-state index is 10.9. The van der Waals surface area contributed by atoms with Gasteiger partial charge in [-0.1, -0.05) is 44.4 Å². The highest BCUT2D eigenvalue weighted by atomic mass is 16.3. The van der Waals surface area contributed by atoms with Crippen LogP contribution in [0, 0.1) is 12.3 Å². The number of hydrogen-bond acceptors (Lipinski definition) is 5. The molecule has 5 rings (SSSR count). The lowest BCUT2D eigenvalue weighted by molar-refractivity contribution is 0.416. The molecule has 180 valence electrons. The Morgan fingerprint density at radius 3 is 2.21 bits per heavy atom. The van der Waals surface area contributed by atoms with Crippen LogP contribution in [0.3, 0.4) is 0 Å². The summed E-state index contributed by atoms with van der Waals surface area (Å²) in [5.74, 6) is 4.79. The molecule has 1 saturated heterocycles. The SMILES string of the molecule is C#Cc1ccc(-c2nnc(NC3CCCNC3)c(C3CCCCC3)c2C2CCCCC2)c(O)c1. The van der Waals surface area contributed by atoms with Crippen molar-refractivity contribution in [3.05, 3.63) is 34.9 Å². The molecule has 3 aliphatic rings. The van der Waals surface area contributed by atoms with E-state index in [2.05, 4.69) is 16.6 Å². The van der Waals surface area contributed by atoms with E-state index in [0.29, 0.717) is 23.4 Å². The molecule has 1 aliphatic heterocycles. The van der Waals surface area contributed by atoms with E-state index in [0.717, 1.165) is 36.6 Å². The van der Waals surface area contributed by atoms with Crippen LogP contribution in [0.1, 0.15) is 106 Å². The Labute approximate surface area is 204 Å². The Hall–Kier alpha value is -2.58. The Bertz CT molecular complexity index is 1030. The molecule has 1 atom stereocenters. The molecule has 1 unspecified atom stereocenters. The Morgan fingerprint density at radius 2 is 1.59 bits per heavy atom. The first-order valence-electron chi connectivity index (χ1n) is 13.4. The molecule has 34 heavy (non-hydrogen) atoms. The van der Waals surface area contributed by atoms with Crippen molar-refractivity contribution in [2.75, 3.05) is 18.4 Å². The monoisotopic (exact) mass is 458 g/mol. The van der Waals surface area contributed by atoms with Gasteiger partial charge in [0.05, 0.1) is 0 Å². The van der Waals surface area contributed by atoms with E-state index in [-0.39, 0.29) is 5.75 Å². The zero-order valence-corrected chi connectivity index (χ0v) is 20.3. The number of terminal acetylenes is 1. The highest BCUT2D eigenvalue weighted by molar-refractivity contribution is 5.74. The van der Waals surface area contributed by atoms with Gasteiger partial charge in [-0.25, -0.2) is 0 Å². The van der Waals surface area contributed by atoms with E-state index >= 15 is 0 Å². The van der Waals surface area contributed by atoms with E-state index < -0.39 is 0 Å². The first kappa shape index (κ1) is 23.2. The summed E-state index contributed by atoms with van der Waals surface area (Å²) in [5, 5.41) is 27.9. The minimum Gasteiger partial charge on any atom is -0.507 e. The molecule has 5 heteroatoms. The average Bonchev–Trinajstić information content (AvgIpc) is 2.90. The fourth-order valence-electron chi connectivity index (χ4n) is 6.37. The predicted octanol–water partition coefficient (Wildman–Crippen LogP) is 6.09. The quantitative estimate of drug-likeness (QED) is 0.473. The summed E-state index contributed by atoms with van der Waals surface area (Å²) < 4.78 is 0. The standard InChI is InChI=1S/C29H38N4O/c1-2-20-15-16-24(25(34)18-20)28-26(21-10-5-3-6-11-21)27(22-12-7-4-8-13-22)29(33-32-28)31-23-14-9-17-30-19-23/h1,15-16,18,21-23,30,34H,3-14,17,19H2,(H,31,33). The van der Waals surface area contributed by atoms with E-state index in [9.17, 15) is 5.11 Å². The van der Waals surface area contributed by atoms with E-state index in [1.807, 2.05) is 12.1 Å². The number of nitrogens with zero attached hydrogens (tertiary/aromatic N) is 2. The predicted molar refractivity (Wildman–Crippen MR) is 138 cm³/mol. The molecule has 2 saturated carbocycles. The van der Waals surface area contributed by atoms with Crippen LogP contribution in [0.15, 0.2) is 18.2 Å². The van der Waals surface area contributed by atoms with Gasteiger partial charge in [0.1, 0.15) is 11.4 Å². The van der Waals surface area contributed by atoms with Crippen molar-refractivity contribution in [3.63, 3.8) is 0 Å². The van der Waals surface area contributed by atoms with Crippen LogP contribution >= 0.6 is 0 Å². The lowest BCUT2D eigenvalue weighted by Gasteiger charge is -2.33. The largest absolute Gasteiger partial charge is 0.507 e. The molecule has 3 fully saturated rings. The van der Waals surface area contributed by atoms with Gasteiger partial charge in [0.15, 0.2) is 5.82 Å². The van der Waals surface area contributed by atoms with Gasteiger partial charge < -0.3 is 15.7 Å². The molecule has 2 aromatic rings. The van der Waals surface area contributed by atoms with Gasteiger partial charge in [0, 0.05) is 29.3 Å². The number of nitrogens with one attached hydrogen (secondary N) is 2. The maximum absolute atomic E-state index is 10.9. The van der Waals surface area contributed by atoms with Crippen molar-refractivity contribution in [1.82, 2.24) is 15.5 Å². The molecule has 0 spiro atoms. The van der Waals surface area contributed by atoms with Crippen LogP contribution in [0.5, 0.6) is 5.75 Å². The van der Waals surface area contributed by atoms with Gasteiger partial charge in [-0.05, 0) is 80.7 Å². The zero-order valence-electron chi connectivity index (χ0n) is 20.3. The first-order valence-corrected chi connectivity index (χ1v) is 13.4. The van der Waals surface area contributed by atoms with Crippen molar-refractivity contribution in [3.8, 4) is 29.4 Å². The van der Waals surface area contributed by atoms with Crippen molar-refractivity contribution in [2.24, 2.45) is 0 Å².